The third kappa shape index (κ3) is 4.22. The van der Waals surface area contributed by atoms with Crippen molar-refractivity contribution >= 4 is 33.7 Å². The van der Waals surface area contributed by atoms with Crippen molar-refractivity contribution in [3.8, 4) is 11.5 Å². The highest BCUT2D eigenvalue weighted by atomic mass is 32.1. The number of carbonyl (C=O) groups is 1. The summed E-state index contributed by atoms with van der Waals surface area (Å²) in [5.41, 5.74) is 1.78. The minimum atomic E-state index is -0.634. The molecule has 0 bridgehead atoms. The third-order valence-corrected chi connectivity index (χ3v) is 6.86. The molecule has 34 heavy (non-hydrogen) atoms. The molecule has 0 amide bonds. The van der Waals surface area contributed by atoms with E-state index in [0.29, 0.717) is 16.7 Å². The SMILES string of the molecule is COc1cc(/C=N/n2cnc3sc4c(c3c2=O)CCCC4)ccc1OC(=O)c1ccc(F)cc1. The van der Waals surface area contributed by atoms with Gasteiger partial charge in [-0.05, 0) is 79.3 Å². The lowest BCUT2D eigenvalue weighted by Gasteiger charge is -2.10. The summed E-state index contributed by atoms with van der Waals surface area (Å²) in [7, 11) is 1.45. The maximum absolute atomic E-state index is 13.1. The van der Waals surface area contributed by atoms with Crippen molar-refractivity contribution in [2.75, 3.05) is 7.11 Å². The lowest BCUT2D eigenvalue weighted by atomic mass is 9.97. The quantitative estimate of drug-likeness (QED) is 0.239. The van der Waals surface area contributed by atoms with Gasteiger partial charge >= 0.3 is 5.97 Å². The van der Waals surface area contributed by atoms with Crippen molar-refractivity contribution in [1.82, 2.24) is 9.66 Å². The van der Waals surface area contributed by atoms with Gasteiger partial charge in [0, 0.05) is 4.88 Å². The zero-order chi connectivity index (χ0) is 23.7. The lowest BCUT2D eigenvalue weighted by Crippen LogP contribution is -2.18. The van der Waals surface area contributed by atoms with Crippen LogP contribution in [0.15, 0.2) is 58.7 Å². The Kier molecular flexibility index (Phi) is 5.93. The number of aryl methyl sites for hydroxylation is 2. The Morgan fingerprint density at radius 2 is 1.94 bits per heavy atom. The fraction of sp³-hybridized carbons (Fsp3) is 0.200. The summed E-state index contributed by atoms with van der Waals surface area (Å²) in [6.07, 6.45) is 7.06. The number of thiophene rings is 1. The van der Waals surface area contributed by atoms with E-state index in [9.17, 15) is 14.0 Å². The number of fused-ring (bicyclic) bond motifs is 3. The van der Waals surface area contributed by atoms with Crippen LogP contribution in [0.5, 0.6) is 11.5 Å². The zero-order valence-electron chi connectivity index (χ0n) is 18.3. The highest BCUT2D eigenvalue weighted by molar-refractivity contribution is 7.18. The van der Waals surface area contributed by atoms with Crippen LogP contribution >= 0.6 is 11.3 Å². The van der Waals surface area contributed by atoms with E-state index in [-0.39, 0.29) is 16.9 Å². The molecule has 0 saturated carbocycles. The van der Waals surface area contributed by atoms with E-state index in [0.717, 1.165) is 36.1 Å². The second-order valence-corrected chi connectivity index (χ2v) is 8.92. The molecule has 0 unspecified atom stereocenters. The Morgan fingerprint density at radius 1 is 1.15 bits per heavy atom. The fourth-order valence-electron chi connectivity index (χ4n) is 3.94. The number of carbonyl (C=O) groups excluding carboxylic acids is 1. The van der Waals surface area contributed by atoms with Crippen LogP contribution in [0.1, 0.15) is 39.2 Å². The number of hydrogen-bond donors (Lipinski definition) is 0. The second-order valence-electron chi connectivity index (χ2n) is 7.84. The summed E-state index contributed by atoms with van der Waals surface area (Å²) in [6, 6.07) is 9.96. The Hall–Kier alpha value is -3.85. The molecule has 172 valence electrons. The monoisotopic (exact) mass is 477 g/mol. The number of esters is 1. The van der Waals surface area contributed by atoms with Crippen LogP contribution in [0.4, 0.5) is 4.39 Å². The topological polar surface area (TPSA) is 82.8 Å². The molecular weight excluding hydrogens is 457 g/mol. The van der Waals surface area contributed by atoms with E-state index < -0.39 is 11.8 Å². The molecule has 1 aliphatic carbocycles. The molecule has 7 nitrogen and oxygen atoms in total. The van der Waals surface area contributed by atoms with E-state index in [2.05, 4.69) is 10.1 Å². The van der Waals surface area contributed by atoms with Crippen LogP contribution in [-0.4, -0.2) is 29.0 Å². The van der Waals surface area contributed by atoms with Gasteiger partial charge in [-0.1, -0.05) is 0 Å². The van der Waals surface area contributed by atoms with Crippen molar-refractivity contribution in [1.29, 1.82) is 0 Å². The Balaban J connectivity index is 1.39. The fourth-order valence-corrected chi connectivity index (χ4v) is 5.16. The number of methoxy groups -OCH3 is 1. The summed E-state index contributed by atoms with van der Waals surface area (Å²) in [5.74, 6) is -0.554. The van der Waals surface area contributed by atoms with Gasteiger partial charge in [0.25, 0.3) is 5.56 Å². The summed E-state index contributed by atoms with van der Waals surface area (Å²) in [4.78, 5) is 31.8. The van der Waals surface area contributed by atoms with Gasteiger partial charge in [0.15, 0.2) is 11.5 Å². The predicted molar refractivity (Wildman–Crippen MR) is 128 cm³/mol. The van der Waals surface area contributed by atoms with Crippen molar-refractivity contribution in [3.05, 3.63) is 86.5 Å². The lowest BCUT2D eigenvalue weighted by molar-refractivity contribution is 0.0729. The average molecular weight is 478 g/mol. The largest absolute Gasteiger partial charge is 0.493 e. The molecule has 2 aromatic heterocycles. The summed E-state index contributed by atoms with van der Waals surface area (Å²) < 4.78 is 25.1. The molecule has 0 saturated heterocycles. The molecule has 2 aromatic carbocycles. The Morgan fingerprint density at radius 3 is 2.74 bits per heavy atom. The molecule has 0 spiro atoms. The first kappa shape index (κ1) is 22.0. The standard InChI is InChI=1S/C25H20FN3O4S/c1-32-20-12-15(6-11-19(20)33-25(31)16-7-9-17(26)10-8-16)13-28-29-14-27-23-22(24(29)30)18-4-2-3-5-21(18)34-23/h6-14H,2-5H2,1H3/b28-13+. The average Bonchev–Trinajstić information content (AvgIpc) is 3.24. The minimum Gasteiger partial charge on any atom is -0.493 e. The Labute approximate surface area is 198 Å². The number of nitrogens with zero attached hydrogens (tertiary/aromatic N) is 3. The van der Waals surface area contributed by atoms with Gasteiger partial charge in [0.05, 0.1) is 24.3 Å². The van der Waals surface area contributed by atoms with Crippen molar-refractivity contribution < 1.29 is 18.7 Å². The van der Waals surface area contributed by atoms with E-state index in [1.54, 1.807) is 29.5 Å². The van der Waals surface area contributed by atoms with Crippen molar-refractivity contribution in [2.45, 2.75) is 25.7 Å². The first-order valence-electron chi connectivity index (χ1n) is 10.8. The maximum atomic E-state index is 13.1. The Bertz CT molecular complexity index is 1470. The summed E-state index contributed by atoms with van der Waals surface area (Å²) in [6.45, 7) is 0. The van der Waals surface area contributed by atoms with Crippen LogP contribution in [0.2, 0.25) is 0 Å². The molecule has 0 aliphatic heterocycles. The second kappa shape index (κ2) is 9.18. The van der Waals surface area contributed by atoms with Crippen LogP contribution in [-0.2, 0) is 12.8 Å². The van der Waals surface area contributed by atoms with Gasteiger partial charge in [0.2, 0.25) is 0 Å². The van der Waals surface area contributed by atoms with Gasteiger partial charge in [0.1, 0.15) is 17.0 Å². The molecule has 0 fully saturated rings. The van der Waals surface area contributed by atoms with Crippen LogP contribution < -0.4 is 15.0 Å². The first-order chi connectivity index (χ1) is 16.5. The van der Waals surface area contributed by atoms with E-state index in [1.807, 2.05) is 0 Å². The van der Waals surface area contributed by atoms with Gasteiger partial charge in [-0.3, -0.25) is 4.79 Å². The molecule has 1 aliphatic rings. The number of aromatic nitrogens is 2. The maximum Gasteiger partial charge on any atom is 0.343 e. The van der Waals surface area contributed by atoms with Gasteiger partial charge in [-0.2, -0.15) is 9.78 Å². The first-order valence-corrected chi connectivity index (χ1v) is 11.6. The molecule has 4 aromatic rings. The molecule has 0 atom stereocenters. The number of ether oxygens (including phenoxy) is 2. The van der Waals surface area contributed by atoms with E-state index in [1.165, 1.54) is 53.5 Å². The molecule has 0 N–H and O–H groups in total. The normalized spacial score (nSPS) is 13.2. The van der Waals surface area contributed by atoms with Gasteiger partial charge in [-0.25, -0.2) is 14.2 Å². The van der Waals surface area contributed by atoms with E-state index in [4.69, 9.17) is 9.47 Å². The number of halogens is 1. The van der Waals surface area contributed by atoms with Gasteiger partial charge in [-0.15, -0.1) is 11.3 Å². The van der Waals surface area contributed by atoms with Gasteiger partial charge < -0.3 is 9.47 Å². The summed E-state index contributed by atoms with van der Waals surface area (Å²) >= 11 is 1.59. The minimum absolute atomic E-state index is 0.183. The molecule has 9 heteroatoms. The van der Waals surface area contributed by atoms with Crippen LogP contribution in [0, 0.1) is 5.82 Å². The van der Waals surface area contributed by atoms with Crippen LogP contribution in [0.3, 0.4) is 0 Å². The number of hydrogen-bond acceptors (Lipinski definition) is 7. The predicted octanol–water partition coefficient (Wildman–Crippen LogP) is 4.59. The van der Waals surface area contributed by atoms with Crippen molar-refractivity contribution in [3.63, 3.8) is 0 Å². The number of rotatable bonds is 5. The molecule has 0 radical (unpaired) electrons. The molecule has 5 rings (SSSR count). The molecule has 2 heterocycles. The van der Waals surface area contributed by atoms with Crippen LogP contribution in [0.25, 0.3) is 10.2 Å². The van der Waals surface area contributed by atoms with Crippen molar-refractivity contribution in [2.24, 2.45) is 5.10 Å². The van der Waals surface area contributed by atoms with E-state index >= 15 is 0 Å². The zero-order valence-corrected chi connectivity index (χ0v) is 19.1. The highest BCUT2D eigenvalue weighted by Crippen LogP contribution is 2.33. The summed E-state index contributed by atoms with van der Waals surface area (Å²) in [5, 5.41) is 4.97. The third-order valence-electron chi connectivity index (χ3n) is 5.66. The highest BCUT2D eigenvalue weighted by Gasteiger charge is 2.20. The number of benzene rings is 2. The smallest absolute Gasteiger partial charge is 0.343 e. The molecular formula is C25H20FN3O4S.